The van der Waals surface area contributed by atoms with Crippen molar-refractivity contribution in [1.29, 1.82) is 0 Å². The number of pyridine rings is 1. The summed E-state index contributed by atoms with van der Waals surface area (Å²) in [7, 11) is 1.58. The second-order valence-electron chi connectivity index (χ2n) is 6.60. The fourth-order valence-electron chi connectivity index (χ4n) is 3.22. The van der Waals surface area contributed by atoms with Crippen LogP contribution in [0.5, 0.6) is 11.5 Å². The Morgan fingerprint density at radius 2 is 1.90 bits per heavy atom. The van der Waals surface area contributed by atoms with Gasteiger partial charge in [0.15, 0.2) is 23.0 Å². The molecule has 0 spiro atoms. The van der Waals surface area contributed by atoms with Gasteiger partial charge in [0.1, 0.15) is 12.4 Å². The summed E-state index contributed by atoms with van der Waals surface area (Å²) in [5.41, 5.74) is 2.66. The normalized spacial score (nSPS) is 11.1. The van der Waals surface area contributed by atoms with Crippen molar-refractivity contribution in [2.24, 2.45) is 0 Å². The summed E-state index contributed by atoms with van der Waals surface area (Å²) in [5, 5.41) is 13.8. The van der Waals surface area contributed by atoms with E-state index in [2.05, 4.69) is 20.3 Å². The van der Waals surface area contributed by atoms with Crippen molar-refractivity contribution < 1.29 is 13.9 Å². The van der Waals surface area contributed by atoms with Gasteiger partial charge in [-0.2, -0.15) is 9.61 Å². The number of rotatable bonds is 5. The van der Waals surface area contributed by atoms with Gasteiger partial charge in [-0.3, -0.25) is 4.98 Å². The van der Waals surface area contributed by atoms with Crippen LogP contribution in [0.25, 0.3) is 27.8 Å². The van der Waals surface area contributed by atoms with Crippen molar-refractivity contribution in [3.63, 3.8) is 0 Å². The van der Waals surface area contributed by atoms with Crippen molar-refractivity contribution in [2.45, 2.75) is 6.61 Å². The van der Waals surface area contributed by atoms with E-state index in [0.29, 0.717) is 34.2 Å². The van der Waals surface area contributed by atoms with Gasteiger partial charge in [-0.1, -0.05) is 18.2 Å². The van der Waals surface area contributed by atoms with E-state index in [-0.39, 0.29) is 12.4 Å². The number of hydrogen-bond acceptors (Lipinski definition) is 6. The molecule has 30 heavy (non-hydrogen) atoms. The SMILES string of the molecule is COc1cc2ncccc2cc1OCc1nnc2ccc(-c3cccc(F)c3)nn12. The molecule has 0 saturated carbocycles. The van der Waals surface area contributed by atoms with E-state index in [1.807, 2.05) is 24.3 Å². The zero-order valence-corrected chi connectivity index (χ0v) is 16.0. The number of hydrogen-bond donors (Lipinski definition) is 0. The van der Waals surface area contributed by atoms with E-state index >= 15 is 0 Å². The van der Waals surface area contributed by atoms with Crippen LogP contribution in [0.1, 0.15) is 5.82 Å². The number of benzene rings is 2. The third-order valence-electron chi connectivity index (χ3n) is 4.69. The Morgan fingerprint density at radius 1 is 0.967 bits per heavy atom. The Labute approximate surface area is 170 Å². The predicted molar refractivity (Wildman–Crippen MR) is 109 cm³/mol. The molecule has 0 bridgehead atoms. The molecule has 0 saturated heterocycles. The van der Waals surface area contributed by atoms with Gasteiger partial charge in [0.25, 0.3) is 0 Å². The molecule has 2 aromatic carbocycles. The van der Waals surface area contributed by atoms with Crippen molar-refractivity contribution in [1.82, 2.24) is 24.8 Å². The van der Waals surface area contributed by atoms with Gasteiger partial charge in [0.05, 0.1) is 18.3 Å². The standard InChI is InChI=1S/C22H16FN5O2/c1-29-19-12-18-15(5-3-9-24-18)11-20(19)30-13-22-26-25-21-8-7-17(27-28(21)22)14-4-2-6-16(23)10-14/h2-12H,13H2,1H3. The first-order chi connectivity index (χ1) is 14.7. The average molecular weight is 401 g/mol. The van der Waals surface area contributed by atoms with Gasteiger partial charge in [0, 0.05) is 23.2 Å². The van der Waals surface area contributed by atoms with Crippen molar-refractivity contribution in [2.75, 3.05) is 7.11 Å². The number of methoxy groups -OCH3 is 1. The average Bonchev–Trinajstić information content (AvgIpc) is 3.19. The maximum Gasteiger partial charge on any atom is 0.192 e. The van der Waals surface area contributed by atoms with E-state index in [4.69, 9.17) is 9.47 Å². The second-order valence-corrected chi connectivity index (χ2v) is 6.60. The first-order valence-electron chi connectivity index (χ1n) is 9.24. The fourth-order valence-corrected chi connectivity index (χ4v) is 3.22. The van der Waals surface area contributed by atoms with E-state index < -0.39 is 0 Å². The molecule has 8 heteroatoms. The Hall–Kier alpha value is -4.07. The molecule has 0 aliphatic rings. The van der Waals surface area contributed by atoms with Crippen LogP contribution in [-0.2, 0) is 6.61 Å². The molecular weight excluding hydrogens is 385 g/mol. The minimum Gasteiger partial charge on any atom is -0.493 e. The molecule has 5 rings (SSSR count). The van der Waals surface area contributed by atoms with Gasteiger partial charge in [0.2, 0.25) is 0 Å². The maximum absolute atomic E-state index is 13.6. The van der Waals surface area contributed by atoms with Gasteiger partial charge in [-0.05, 0) is 36.4 Å². The molecule has 0 fully saturated rings. The van der Waals surface area contributed by atoms with Crippen molar-refractivity contribution >= 4 is 16.6 Å². The molecule has 3 aromatic heterocycles. The zero-order valence-electron chi connectivity index (χ0n) is 16.0. The summed E-state index contributed by atoms with van der Waals surface area (Å²) in [6, 6.07) is 17.3. The van der Waals surface area contributed by atoms with Crippen LogP contribution in [0.3, 0.4) is 0 Å². The minimum atomic E-state index is -0.320. The smallest absolute Gasteiger partial charge is 0.192 e. The Kier molecular flexibility index (Phi) is 4.44. The van der Waals surface area contributed by atoms with Gasteiger partial charge in [-0.25, -0.2) is 4.39 Å². The molecule has 0 aliphatic heterocycles. The fraction of sp³-hybridized carbons (Fsp3) is 0.0909. The van der Waals surface area contributed by atoms with Crippen LogP contribution in [0.15, 0.2) is 66.9 Å². The molecule has 5 aromatic rings. The Bertz CT molecular complexity index is 1370. The molecule has 3 heterocycles. The summed E-state index contributed by atoms with van der Waals surface area (Å²) in [6.07, 6.45) is 1.73. The summed E-state index contributed by atoms with van der Waals surface area (Å²) in [5.74, 6) is 1.33. The molecule has 0 atom stereocenters. The minimum absolute atomic E-state index is 0.128. The predicted octanol–water partition coefficient (Wildman–Crippen LogP) is 4.07. The Balaban J connectivity index is 1.47. The lowest BCUT2D eigenvalue weighted by atomic mass is 10.1. The first-order valence-corrected chi connectivity index (χ1v) is 9.24. The van der Waals surface area contributed by atoms with Gasteiger partial charge >= 0.3 is 0 Å². The van der Waals surface area contributed by atoms with Crippen molar-refractivity contribution in [3.05, 3.63) is 78.5 Å². The highest BCUT2D eigenvalue weighted by Gasteiger charge is 2.13. The van der Waals surface area contributed by atoms with Crippen LogP contribution >= 0.6 is 0 Å². The molecular formula is C22H16FN5O2. The van der Waals surface area contributed by atoms with E-state index in [1.54, 1.807) is 42.1 Å². The van der Waals surface area contributed by atoms with E-state index in [0.717, 1.165) is 10.9 Å². The highest BCUT2D eigenvalue weighted by molar-refractivity contribution is 5.82. The van der Waals surface area contributed by atoms with Crippen molar-refractivity contribution in [3.8, 4) is 22.8 Å². The lowest BCUT2D eigenvalue weighted by Crippen LogP contribution is -2.05. The highest BCUT2D eigenvalue weighted by atomic mass is 19.1. The van der Waals surface area contributed by atoms with Gasteiger partial charge in [-0.15, -0.1) is 10.2 Å². The van der Waals surface area contributed by atoms with Crippen LogP contribution in [0.2, 0.25) is 0 Å². The molecule has 0 unspecified atom stereocenters. The monoisotopic (exact) mass is 401 g/mol. The second kappa shape index (κ2) is 7.40. The van der Waals surface area contributed by atoms with Crippen LogP contribution in [0, 0.1) is 5.82 Å². The topological polar surface area (TPSA) is 74.4 Å². The number of fused-ring (bicyclic) bond motifs is 2. The van der Waals surface area contributed by atoms with E-state index in [9.17, 15) is 4.39 Å². The maximum atomic E-state index is 13.6. The highest BCUT2D eigenvalue weighted by Crippen LogP contribution is 2.32. The quantitative estimate of drug-likeness (QED) is 0.442. The van der Waals surface area contributed by atoms with E-state index in [1.165, 1.54) is 12.1 Å². The first kappa shape index (κ1) is 18.0. The summed E-state index contributed by atoms with van der Waals surface area (Å²) in [6.45, 7) is 0.128. The lowest BCUT2D eigenvalue weighted by molar-refractivity contribution is 0.274. The van der Waals surface area contributed by atoms with Crippen LogP contribution in [-0.4, -0.2) is 31.9 Å². The molecule has 0 N–H and O–H groups in total. The largest absolute Gasteiger partial charge is 0.493 e. The number of aromatic nitrogens is 5. The number of ether oxygens (including phenoxy) is 2. The summed E-state index contributed by atoms with van der Waals surface area (Å²) < 4.78 is 26.6. The summed E-state index contributed by atoms with van der Waals surface area (Å²) in [4.78, 5) is 4.33. The number of halogens is 1. The molecule has 0 amide bonds. The zero-order chi connectivity index (χ0) is 20.5. The number of nitrogens with zero attached hydrogens (tertiary/aromatic N) is 5. The molecule has 0 radical (unpaired) electrons. The third kappa shape index (κ3) is 3.28. The van der Waals surface area contributed by atoms with Crippen LogP contribution < -0.4 is 9.47 Å². The lowest BCUT2D eigenvalue weighted by Gasteiger charge is -2.11. The van der Waals surface area contributed by atoms with Crippen LogP contribution in [0.4, 0.5) is 4.39 Å². The van der Waals surface area contributed by atoms with Gasteiger partial charge < -0.3 is 9.47 Å². The third-order valence-corrected chi connectivity index (χ3v) is 4.69. The molecule has 7 nitrogen and oxygen atoms in total. The molecule has 0 aliphatic carbocycles. The Morgan fingerprint density at radius 3 is 2.77 bits per heavy atom. The molecule has 148 valence electrons. The summed E-state index contributed by atoms with van der Waals surface area (Å²) >= 11 is 0.